The SMILES string of the molecule is Cn1ccc(S(=O)(=O)N2CCCC(Nc3nccc(-c4c(-c5cccc(O)c5)nc5sccn45)n3)C2)n1. The van der Waals surface area contributed by atoms with Crippen molar-refractivity contribution < 1.29 is 13.5 Å². The lowest BCUT2D eigenvalue weighted by Gasteiger charge is -2.31. The number of anilines is 1. The molecule has 1 saturated heterocycles. The highest BCUT2D eigenvalue weighted by atomic mass is 32.2. The minimum atomic E-state index is -3.68. The predicted molar refractivity (Wildman–Crippen MR) is 140 cm³/mol. The van der Waals surface area contributed by atoms with E-state index in [1.54, 1.807) is 37.6 Å². The molecule has 0 radical (unpaired) electrons. The summed E-state index contributed by atoms with van der Waals surface area (Å²) in [5, 5.41) is 19.4. The molecule has 0 saturated carbocycles. The summed E-state index contributed by atoms with van der Waals surface area (Å²) in [6.45, 7) is 0.736. The average Bonchev–Trinajstić information content (AvgIpc) is 3.61. The zero-order valence-corrected chi connectivity index (χ0v) is 21.5. The van der Waals surface area contributed by atoms with Gasteiger partial charge < -0.3 is 10.4 Å². The second kappa shape index (κ2) is 9.25. The lowest BCUT2D eigenvalue weighted by atomic mass is 10.1. The van der Waals surface area contributed by atoms with Crippen molar-refractivity contribution in [1.82, 2.24) is 33.4 Å². The number of hydrogen-bond donors (Lipinski definition) is 2. The van der Waals surface area contributed by atoms with E-state index in [0.29, 0.717) is 36.8 Å². The second-order valence-corrected chi connectivity index (χ2v) is 11.6. The van der Waals surface area contributed by atoms with Gasteiger partial charge in [-0.25, -0.2) is 23.4 Å². The molecule has 0 bridgehead atoms. The molecule has 1 aliphatic heterocycles. The van der Waals surface area contributed by atoms with E-state index in [9.17, 15) is 13.5 Å². The van der Waals surface area contributed by atoms with Crippen LogP contribution in [0.5, 0.6) is 5.75 Å². The van der Waals surface area contributed by atoms with Crippen LogP contribution in [0.1, 0.15) is 12.8 Å². The van der Waals surface area contributed by atoms with Crippen LogP contribution < -0.4 is 5.32 Å². The number of aromatic nitrogens is 6. The zero-order valence-electron chi connectivity index (χ0n) is 19.9. The number of benzene rings is 1. The monoisotopic (exact) mass is 536 g/mol. The lowest BCUT2D eigenvalue weighted by molar-refractivity contribution is 0.325. The highest BCUT2D eigenvalue weighted by Gasteiger charge is 2.32. The first kappa shape index (κ1) is 23.6. The van der Waals surface area contributed by atoms with Gasteiger partial charge in [0.2, 0.25) is 5.95 Å². The Balaban J connectivity index is 1.29. The zero-order chi connectivity index (χ0) is 25.6. The molecule has 1 aromatic carbocycles. The minimum Gasteiger partial charge on any atom is -0.508 e. The third-order valence-corrected chi connectivity index (χ3v) is 8.80. The quantitative estimate of drug-likeness (QED) is 0.338. The van der Waals surface area contributed by atoms with Crippen molar-refractivity contribution in [3.8, 4) is 28.4 Å². The normalized spacial score (nSPS) is 16.8. The maximum absolute atomic E-state index is 13.1. The largest absolute Gasteiger partial charge is 0.508 e. The van der Waals surface area contributed by atoms with Crippen LogP contribution in [0, 0.1) is 0 Å². The molecule has 1 unspecified atom stereocenters. The maximum Gasteiger partial charge on any atom is 0.262 e. The van der Waals surface area contributed by atoms with E-state index < -0.39 is 10.0 Å². The fraction of sp³-hybridized carbons (Fsp3) is 0.250. The average molecular weight is 537 g/mol. The number of piperidine rings is 1. The van der Waals surface area contributed by atoms with Crippen LogP contribution in [0.2, 0.25) is 0 Å². The van der Waals surface area contributed by atoms with Crippen LogP contribution >= 0.6 is 11.3 Å². The van der Waals surface area contributed by atoms with Gasteiger partial charge in [0.05, 0.1) is 11.4 Å². The fourth-order valence-corrected chi connectivity index (χ4v) is 6.76. The Bertz CT molecular complexity index is 1690. The van der Waals surface area contributed by atoms with Gasteiger partial charge in [0.1, 0.15) is 11.4 Å². The molecule has 37 heavy (non-hydrogen) atoms. The number of imidazole rings is 1. The molecule has 4 aromatic heterocycles. The molecule has 0 amide bonds. The van der Waals surface area contributed by atoms with E-state index in [2.05, 4.69) is 15.4 Å². The molecule has 6 rings (SSSR count). The number of aromatic hydroxyl groups is 1. The van der Waals surface area contributed by atoms with Gasteiger partial charge in [-0.1, -0.05) is 12.1 Å². The molecule has 2 N–H and O–H groups in total. The number of fused-ring (bicyclic) bond motifs is 1. The highest BCUT2D eigenvalue weighted by molar-refractivity contribution is 7.89. The Morgan fingerprint density at radius 3 is 2.86 bits per heavy atom. The smallest absolute Gasteiger partial charge is 0.262 e. The van der Waals surface area contributed by atoms with Crippen molar-refractivity contribution in [2.45, 2.75) is 23.9 Å². The van der Waals surface area contributed by atoms with Gasteiger partial charge in [0.15, 0.2) is 9.99 Å². The maximum atomic E-state index is 13.1. The Hall–Kier alpha value is -3.81. The second-order valence-electron chi connectivity index (χ2n) is 8.85. The van der Waals surface area contributed by atoms with Crippen LogP contribution in [0.25, 0.3) is 27.6 Å². The number of nitrogens with one attached hydrogen (secondary N) is 1. The van der Waals surface area contributed by atoms with E-state index >= 15 is 0 Å². The van der Waals surface area contributed by atoms with E-state index in [4.69, 9.17) is 9.97 Å². The molecule has 1 aliphatic rings. The van der Waals surface area contributed by atoms with Crippen LogP contribution in [-0.4, -0.2) is 66.1 Å². The molecule has 1 fully saturated rings. The molecular formula is C24H24N8O3S2. The number of phenols is 1. The van der Waals surface area contributed by atoms with Gasteiger partial charge in [-0.2, -0.15) is 9.40 Å². The van der Waals surface area contributed by atoms with Crippen molar-refractivity contribution >= 4 is 32.3 Å². The number of hydrogen-bond acceptors (Lipinski definition) is 9. The van der Waals surface area contributed by atoms with Crippen molar-refractivity contribution in [2.75, 3.05) is 18.4 Å². The molecule has 5 heterocycles. The van der Waals surface area contributed by atoms with Crippen molar-refractivity contribution in [2.24, 2.45) is 7.05 Å². The Morgan fingerprint density at radius 2 is 2.05 bits per heavy atom. The van der Waals surface area contributed by atoms with Crippen LogP contribution in [0.3, 0.4) is 0 Å². The standard InChI is InChI=1S/C24H24N8O3S2/c1-30-11-8-20(29-30)37(34,35)31-10-3-5-17(15-31)26-23-25-9-7-19(27-23)22-21(16-4-2-6-18(33)14-16)28-24-32(22)12-13-36-24/h2,4,6-9,11-14,17,33H,3,5,10,15H2,1H3,(H,25,26,27). The first-order valence-electron chi connectivity index (χ1n) is 11.7. The number of thiazole rings is 1. The number of rotatable bonds is 6. The summed E-state index contributed by atoms with van der Waals surface area (Å²) < 4.78 is 31.1. The van der Waals surface area contributed by atoms with Gasteiger partial charge in [0.25, 0.3) is 10.0 Å². The van der Waals surface area contributed by atoms with E-state index in [0.717, 1.165) is 22.6 Å². The number of phenolic OH excluding ortho intramolecular Hbond substituents is 1. The van der Waals surface area contributed by atoms with Crippen molar-refractivity contribution in [3.63, 3.8) is 0 Å². The molecule has 5 aromatic rings. The number of nitrogens with zero attached hydrogens (tertiary/aromatic N) is 7. The summed E-state index contributed by atoms with van der Waals surface area (Å²) in [5.41, 5.74) is 2.94. The van der Waals surface area contributed by atoms with E-state index in [1.165, 1.54) is 26.4 Å². The summed E-state index contributed by atoms with van der Waals surface area (Å²) in [6, 6.07) is 10.2. The molecular weight excluding hydrogens is 512 g/mol. The third kappa shape index (κ3) is 4.45. The van der Waals surface area contributed by atoms with Gasteiger partial charge in [0, 0.05) is 55.7 Å². The molecule has 13 heteroatoms. The van der Waals surface area contributed by atoms with Crippen LogP contribution in [0.4, 0.5) is 5.95 Å². The number of sulfonamides is 1. The van der Waals surface area contributed by atoms with Crippen LogP contribution in [-0.2, 0) is 17.1 Å². The van der Waals surface area contributed by atoms with E-state index in [1.807, 2.05) is 28.1 Å². The third-order valence-electron chi connectivity index (χ3n) is 6.29. The predicted octanol–water partition coefficient (Wildman–Crippen LogP) is 3.22. The Morgan fingerprint density at radius 1 is 1.16 bits per heavy atom. The Labute approximate surface area is 217 Å². The summed E-state index contributed by atoms with van der Waals surface area (Å²) in [7, 11) is -1.98. The topological polar surface area (TPSA) is 131 Å². The molecule has 0 spiro atoms. The molecule has 190 valence electrons. The van der Waals surface area contributed by atoms with Gasteiger partial charge in [-0.15, -0.1) is 11.3 Å². The van der Waals surface area contributed by atoms with Gasteiger partial charge in [-0.3, -0.25) is 9.08 Å². The molecule has 1 atom stereocenters. The summed E-state index contributed by atoms with van der Waals surface area (Å²) >= 11 is 1.51. The fourth-order valence-electron chi connectivity index (χ4n) is 4.57. The minimum absolute atomic E-state index is 0.0499. The molecule has 11 nitrogen and oxygen atoms in total. The first-order valence-corrected chi connectivity index (χ1v) is 14.1. The van der Waals surface area contributed by atoms with Crippen molar-refractivity contribution in [1.29, 1.82) is 0 Å². The summed E-state index contributed by atoms with van der Waals surface area (Å²) in [4.78, 5) is 14.8. The van der Waals surface area contributed by atoms with Gasteiger partial charge >= 0.3 is 0 Å². The Kier molecular flexibility index (Phi) is 5.89. The lowest BCUT2D eigenvalue weighted by Crippen LogP contribution is -2.45. The highest BCUT2D eigenvalue weighted by Crippen LogP contribution is 2.34. The number of aryl methyl sites for hydroxylation is 1. The summed E-state index contributed by atoms with van der Waals surface area (Å²) in [6.07, 6.45) is 6.73. The summed E-state index contributed by atoms with van der Waals surface area (Å²) in [5.74, 6) is 0.568. The molecule has 0 aliphatic carbocycles. The van der Waals surface area contributed by atoms with Crippen LogP contribution in [0.15, 0.2) is 65.4 Å². The van der Waals surface area contributed by atoms with E-state index in [-0.39, 0.29) is 16.8 Å². The van der Waals surface area contributed by atoms with Gasteiger partial charge in [-0.05, 0) is 37.1 Å². The first-order chi connectivity index (χ1) is 17.9. The van der Waals surface area contributed by atoms with Crippen molar-refractivity contribution in [3.05, 3.63) is 60.4 Å².